The van der Waals surface area contributed by atoms with Crippen LogP contribution in [0.1, 0.15) is 27.7 Å². The highest BCUT2D eigenvalue weighted by molar-refractivity contribution is 7.98. The second-order valence-corrected chi connectivity index (χ2v) is 6.55. The van der Waals surface area contributed by atoms with Crippen molar-refractivity contribution in [3.63, 3.8) is 0 Å². The maximum absolute atomic E-state index is 6.04. The lowest BCUT2D eigenvalue weighted by atomic mass is 9.79. The number of hydrogen-bond donors (Lipinski definition) is 0. The van der Waals surface area contributed by atoms with Crippen molar-refractivity contribution in [2.75, 3.05) is 13.4 Å². The smallest absolute Gasteiger partial charge is 0.494 e. The summed E-state index contributed by atoms with van der Waals surface area (Å²) in [6, 6.07) is 6.08. The van der Waals surface area contributed by atoms with Gasteiger partial charge >= 0.3 is 7.12 Å². The number of hydrogen-bond acceptors (Lipinski definition) is 4. The monoisotopic (exact) mass is 280 g/mol. The topological polar surface area (TPSA) is 27.7 Å². The molecule has 104 valence electrons. The van der Waals surface area contributed by atoms with E-state index in [0.717, 1.165) is 16.1 Å². The van der Waals surface area contributed by atoms with Crippen LogP contribution in [0, 0.1) is 0 Å². The molecule has 0 spiro atoms. The van der Waals surface area contributed by atoms with Gasteiger partial charge < -0.3 is 14.0 Å². The SMILES string of the molecule is COc1cc(B2OC(C)(C)C(C)(C)O2)ccc1SC. The first-order chi connectivity index (χ1) is 8.80. The molecular formula is C14H21BO3S. The summed E-state index contributed by atoms with van der Waals surface area (Å²) in [5, 5.41) is 0. The quantitative estimate of drug-likeness (QED) is 0.628. The first kappa shape index (κ1) is 14.8. The molecule has 1 aromatic carbocycles. The van der Waals surface area contributed by atoms with E-state index in [-0.39, 0.29) is 18.3 Å². The first-order valence-corrected chi connectivity index (χ1v) is 7.61. The summed E-state index contributed by atoms with van der Waals surface area (Å²) in [6.45, 7) is 8.22. The second-order valence-electron chi connectivity index (χ2n) is 5.70. The molecule has 1 aromatic rings. The minimum atomic E-state index is -0.338. The van der Waals surface area contributed by atoms with E-state index in [9.17, 15) is 0 Å². The van der Waals surface area contributed by atoms with Crippen molar-refractivity contribution in [1.82, 2.24) is 0 Å². The molecule has 3 nitrogen and oxygen atoms in total. The zero-order valence-electron chi connectivity index (χ0n) is 12.4. The van der Waals surface area contributed by atoms with Crippen molar-refractivity contribution in [3.05, 3.63) is 18.2 Å². The standard InChI is InChI=1S/C14H21BO3S/c1-13(2)14(3,4)18-15(17-13)10-7-8-12(19-6)11(9-10)16-5/h7-9H,1-6H3. The van der Waals surface area contributed by atoms with Crippen LogP contribution in [0.25, 0.3) is 0 Å². The summed E-state index contributed by atoms with van der Waals surface area (Å²) in [5.74, 6) is 0.861. The van der Waals surface area contributed by atoms with Gasteiger partial charge in [0.25, 0.3) is 0 Å². The molecule has 0 radical (unpaired) electrons. The fraction of sp³-hybridized carbons (Fsp3) is 0.571. The van der Waals surface area contributed by atoms with Crippen molar-refractivity contribution in [1.29, 1.82) is 0 Å². The molecule has 0 amide bonds. The fourth-order valence-electron chi connectivity index (χ4n) is 1.98. The van der Waals surface area contributed by atoms with Gasteiger partial charge in [-0.1, -0.05) is 6.07 Å². The molecule has 0 N–H and O–H groups in total. The Kier molecular flexibility index (Phi) is 3.91. The summed E-state index contributed by atoms with van der Waals surface area (Å²) in [6.07, 6.45) is 2.03. The molecule has 0 atom stereocenters. The molecule has 2 rings (SSSR count). The van der Waals surface area contributed by atoms with Crippen LogP contribution >= 0.6 is 11.8 Å². The van der Waals surface area contributed by atoms with Gasteiger partial charge in [0, 0.05) is 4.90 Å². The average Bonchev–Trinajstić information content (AvgIpc) is 2.57. The van der Waals surface area contributed by atoms with Crippen molar-refractivity contribution in [3.8, 4) is 5.75 Å². The van der Waals surface area contributed by atoms with E-state index >= 15 is 0 Å². The third-order valence-electron chi connectivity index (χ3n) is 3.93. The third-order valence-corrected chi connectivity index (χ3v) is 4.71. The van der Waals surface area contributed by atoms with Crippen molar-refractivity contribution >= 4 is 24.3 Å². The Morgan fingerprint density at radius 2 is 1.68 bits per heavy atom. The van der Waals surface area contributed by atoms with Crippen molar-refractivity contribution in [2.45, 2.75) is 43.8 Å². The summed E-state index contributed by atoms with van der Waals surface area (Å²) >= 11 is 1.66. The molecule has 19 heavy (non-hydrogen) atoms. The van der Waals surface area contributed by atoms with Crippen molar-refractivity contribution in [2.24, 2.45) is 0 Å². The zero-order chi connectivity index (χ0) is 14.3. The minimum Gasteiger partial charge on any atom is -0.496 e. The van der Waals surface area contributed by atoms with Gasteiger partial charge in [-0.3, -0.25) is 0 Å². The molecule has 0 aliphatic carbocycles. The normalized spacial score (nSPS) is 20.6. The van der Waals surface area contributed by atoms with Gasteiger partial charge in [-0.05, 0) is 51.5 Å². The zero-order valence-corrected chi connectivity index (χ0v) is 13.3. The maximum Gasteiger partial charge on any atom is 0.494 e. The minimum absolute atomic E-state index is 0.316. The largest absolute Gasteiger partial charge is 0.496 e. The van der Waals surface area contributed by atoms with E-state index in [0.29, 0.717) is 0 Å². The lowest BCUT2D eigenvalue weighted by molar-refractivity contribution is 0.00578. The predicted octanol–water partition coefficient (Wildman–Crippen LogP) is 2.72. The average molecular weight is 280 g/mol. The van der Waals surface area contributed by atoms with Gasteiger partial charge in [0.1, 0.15) is 5.75 Å². The molecule has 1 saturated heterocycles. The Bertz CT molecular complexity index is 458. The Morgan fingerprint density at radius 3 is 2.16 bits per heavy atom. The Balaban J connectivity index is 2.30. The van der Waals surface area contributed by atoms with Gasteiger partial charge in [0.15, 0.2) is 0 Å². The Hall–Kier alpha value is -0.645. The number of methoxy groups -OCH3 is 1. The van der Waals surface area contributed by atoms with E-state index in [4.69, 9.17) is 14.0 Å². The lowest BCUT2D eigenvalue weighted by Crippen LogP contribution is -2.41. The summed E-state index contributed by atoms with van der Waals surface area (Å²) in [5.41, 5.74) is 0.361. The third kappa shape index (κ3) is 2.64. The van der Waals surface area contributed by atoms with E-state index in [1.54, 1.807) is 18.9 Å². The molecule has 0 unspecified atom stereocenters. The van der Waals surface area contributed by atoms with Gasteiger partial charge in [-0.25, -0.2) is 0 Å². The summed E-state index contributed by atoms with van der Waals surface area (Å²) in [4.78, 5) is 1.11. The maximum atomic E-state index is 6.04. The van der Waals surface area contributed by atoms with Crippen molar-refractivity contribution < 1.29 is 14.0 Å². The predicted molar refractivity (Wildman–Crippen MR) is 80.5 cm³/mol. The van der Waals surface area contributed by atoms with E-state index in [1.807, 2.05) is 24.5 Å². The van der Waals surface area contributed by atoms with Gasteiger partial charge in [0.05, 0.1) is 18.3 Å². The molecule has 1 aliphatic heterocycles. The lowest BCUT2D eigenvalue weighted by Gasteiger charge is -2.32. The Morgan fingerprint density at radius 1 is 1.11 bits per heavy atom. The van der Waals surface area contributed by atoms with Crippen LogP contribution in [-0.2, 0) is 9.31 Å². The first-order valence-electron chi connectivity index (χ1n) is 6.38. The van der Waals surface area contributed by atoms with Crippen LogP contribution in [0.5, 0.6) is 5.75 Å². The summed E-state index contributed by atoms with van der Waals surface area (Å²) in [7, 11) is 1.35. The molecule has 5 heteroatoms. The van der Waals surface area contributed by atoms with E-state index < -0.39 is 0 Å². The molecular weight excluding hydrogens is 259 g/mol. The fourth-order valence-corrected chi connectivity index (χ4v) is 2.53. The second kappa shape index (κ2) is 5.04. The number of rotatable bonds is 3. The molecule has 1 aliphatic rings. The van der Waals surface area contributed by atoms with Gasteiger partial charge in [-0.15, -0.1) is 11.8 Å². The highest BCUT2D eigenvalue weighted by atomic mass is 32.2. The highest BCUT2D eigenvalue weighted by Crippen LogP contribution is 2.37. The highest BCUT2D eigenvalue weighted by Gasteiger charge is 2.51. The van der Waals surface area contributed by atoms with Crippen LogP contribution in [0.3, 0.4) is 0 Å². The number of ether oxygens (including phenoxy) is 1. The van der Waals surface area contributed by atoms with Crippen LogP contribution < -0.4 is 10.2 Å². The van der Waals surface area contributed by atoms with E-state index in [2.05, 4.69) is 27.7 Å². The number of thioether (sulfide) groups is 1. The molecule has 1 heterocycles. The number of benzene rings is 1. The van der Waals surface area contributed by atoms with Crippen LogP contribution in [0.2, 0.25) is 0 Å². The molecule has 0 aromatic heterocycles. The van der Waals surface area contributed by atoms with Gasteiger partial charge in [0.2, 0.25) is 0 Å². The van der Waals surface area contributed by atoms with Gasteiger partial charge in [-0.2, -0.15) is 0 Å². The molecule has 1 fully saturated rings. The Labute approximate surface area is 120 Å². The van der Waals surface area contributed by atoms with E-state index in [1.165, 1.54) is 0 Å². The molecule has 0 saturated carbocycles. The summed E-state index contributed by atoms with van der Waals surface area (Å²) < 4.78 is 17.5. The van der Waals surface area contributed by atoms with Crippen LogP contribution in [-0.4, -0.2) is 31.7 Å². The molecule has 0 bridgehead atoms. The van der Waals surface area contributed by atoms with Crippen LogP contribution in [0.4, 0.5) is 0 Å². The van der Waals surface area contributed by atoms with Crippen LogP contribution in [0.15, 0.2) is 23.1 Å².